The molecular weight excluding hydrogens is 375 g/mol. The standard InChI is InChI=1S/C19H14F3N3O3/c20-19(21,22)13-4-6-16(7-5-13)28-11-17(27)25-14-9-23-18(24-10-14)12-2-1-3-15(26)8-12/h1-10,26H,11H2,(H,25,27). The third-order valence-corrected chi connectivity index (χ3v) is 3.59. The van der Waals surface area contributed by atoms with E-state index in [1.807, 2.05) is 0 Å². The molecule has 1 amide bonds. The highest BCUT2D eigenvalue weighted by Crippen LogP contribution is 2.30. The molecule has 28 heavy (non-hydrogen) atoms. The summed E-state index contributed by atoms with van der Waals surface area (Å²) in [5.41, 5.74) is 0.140. The second kappa shape index (κ2) is 7.95. The Morgan fingerprint density at radius 1 is 1.07 bits per heavy atom. The molecule has 0 radical (unpaired) electrons. The van der Waals surface area contributed by atoms with Gasteiger partial charge in [-0.2, -0.15) is 13.2 Å². The maximum Gasteiger partial charge on any atom is 0.416 e. The fourth-order valence-corrected chi connectivity index (χ4v) is 2.27. The summed E-state index contributed by atoms with van der Waals surface area (Å²) in [7, 11) is 0. The number of halogens is 3. The number of phenolic OH excluding ortho intramolecular Hbond substituents is 1. The molecule has 3 rings (SSSR count). The molecule has 2 N–H and O–H groups in total. The van der Waals surface area contributed by atoms with Gasteiger partial charge in [0, 0.05) is 5.56 Å². The maximum absolute atomic E-state index is 12.5. The van der Waals surface area contributed by atoms with Gasteiger partial charge in [0.25, 0.3) is 5.91 Å². The van der Waals surface area contributed by atoms with Gasteiger partial charge in [-0.15, -0.1) is 0 Å². The van der Waals surface area contributed by atoms with Crippen molar-refractivity contribution in [2.75, 3.05) is 11.9 Å². The van der Waals surface area contributed by atoms with Crippen molar-refractivity contribution in [3.63, 3.8) is 0 Å². The molecule has 0 spiro atoms. The van der Waals surface area contributed by atoms with Crippen LogP contribution in [0.1, 0.15) is 5.56 Å². The predicted molar refractivity (Wildman–Crippen MR) is 94.7 cm³/mol. The second-order valence-electron chi connectivity index (χ2n) is 5.70. The average Bonchev–Trinajstić information content (AvgIpc) is 2.67. The van der Waals surface area contributed by atoms with Crippen molar-refractivity contribution >= 4 is 11.6 Å². The van der Waals surface area contributed by atoms with Crippen molar-refractivity contribution < 1.29 is 27.8 Å². The lowest BCUT2D eigenvalue weighted by Gasteiger charge is -2.09. The van der Waals surface area contributed by atoms with Gasteiger partial charge in [0.15, 0.2) is 12.4 Å². The highest BCUT2D eigenvalue weighted by atomic mass is 19.4. The molecule has 0 fully saturated rings. The number of hydrogen-bond donors (Lipinski definition) is 2. The number of rotatable bonds is 5. The molecule has 0 atom stereocenters. The van der Waals surface area contributed by atoms with Gasteiger partial charge in [0.2, 0.25) is 0 Å². The van der Waals surface area contributed by atoms with Crippen LogP contribution in [0.4, 0.5) is 18.9 Å². The molecule has 0 saturated heterocycles. The van der Waals surface area contributed by atoms with Crippen LogP contribution in [0.2, 0.25) is 0 Å². The van der Waals surface area contributed by atoms with Gasteiger partial charge in [-0.1, -0.05) is 12.1 Å². The van der Waals surface area contributed by atoms with Gasteiger partial charge in [-0.05, 0) is 36.4 Å². The number of alkyl halides is 3. The number of aromatic nitrogens is 2. The number of aromatic hydroxyl groups is 1. The molecule has 0 saturated carbocycles. The van der Waals surface area contributed by atoms with Gasteiger partial charge >= 0.3 is 6.18 Å². The minimum absolute atomic E-state index is 0.0823. The van der Waals surface area contributed by atoms with Gasteiger partial charge in [0.1, 0.15) is 11.5 Å². The number of carbonyl (C=O) groups excluding carboxylic acids is 1. The van der Waals surface area contributed by atoms with E-state index in [1.165, 1.54) is 24.5 Å². The minimum atomic E-state index is -4.43. The van der Waals surface area contributed by atoms with Crippen LogP contribution in [0.25, 0.3) is 11.4 Å². The van der Waals surface area contributed by atoms with Crippen molar-refractivity contribution in [3.8, 4) is 22.9 Å². The number of nitrogens with one attached hydrogen (secondary N) is 1. The Kier molecular flexibility index (Phi) is 5.44. The number of carbonyl (C=O) groups is 1. The number of anilines is 1. The molecule has 1 aromatic heterocycles. The van der Waals surface area contributed by atoms with E-state index in [-0.39, 0.29) is 18.1 Å². The summed E-state index contributed by atoms with van der Waals surface area (Å²) in [6, 6.07) is 10.4. The fraction of sp³-hybridized carbons (Fsp3) is 0.105. The van der Waals surface area contributed by atoms with Gasteiger partial charge in [-0.3, -0.25) is 4.79 Å². The molecule has 0 unspecified atom stereocenters. The third kappa shape index (κ3) is 4.97. The van der Waals surface area contributed by atoms with E-state index in [2.05, 4.69) is 15.3 Å². The molecule has 2 aromatic carbocycles. The topological polar surface area (TPSA) is 84.3 Å². The van der Waals surface area contributed by atoms with Crippen LogP contribution in [0.3, 0.4) is 0 Å². The first-order valence-corrected chi connectivity index (χ1v) is 8.02. The molecule has 1 heterocycles. The Labute approximate surface area is 157 Å². The number of hydrogen-bond acceptors (Lipinski definition) is 5. The largest absolute Gasteiger partial charge is 0.508 e. The molecule has 0 bridgehead atoms. The molecule has 0 aliphatic carbocycles. The monoisotopic (exact) mass is 389 g/mol. The summed E-state index contributed by atoms with van der Waals surface area (Å²) < 4.78 is 42.7. The Morgan fingerprint density at radius 3 is 2.36 bits per heavy atom. The van der Waals surface area contributed by atoms with Crippen LogP contribution in [0.15, 0.2) is 60.9 Å². The van der Waals surface area contributed by atoms with Crippen LogP contribution in [0.5, 0.6) is 11.5 Å². The van der Waals surface area contributed by atoms with Crippen molar-refractivity contribution in [1.29, 1.82) is 0 Å². The van der Waals surface area contributed by atoms with Crippen LogP contribution < -0.4 is 10.1 Å². The van der Waals surface area contributed by atoms with Crippen molar-refractivity contribution in [2.45, 2.75) is 6.18 Å². The number of phenols is 1. The zero-order chi connectivity index (χ0) is 20.1. The van der Waals surface area contributed by atoms with E-state index in [4.69, 9.17) is 4.74 Å². The molecule has 144 valence electrons. The van der Waals surface area contributed by atoms with E-state index >= 15 is 0 Å². The van der Waals surface area contributed by atoms with Crippen LogP contribution in [-0.2, 0) is 11.0 Å². The van der Waals surface area contributed by atoms with E-state index in [0.29, 0.717) is 17.1 Å². The molecule has 9 heteroatoms. The first kappa shape index (κ1) is 19.2. The first-order valence-electron chi connectivity index (χ1n) is 8.02. The van der Waals surface area contributed by atoms with Gasteiger partial charge in [0.05, 0.1) is 23.6 Å². The third-order valence-electron chi connectivity index (χ3n) is 3.59. The van der Waals surface area contributed by atoms with E-state index in [1.54, 1.807) is 12.1 Å². The van der Waals surface area contributed by atoms with Crippen molar-refractivity contribution in [1.82, 2.24) is 9.97 Å². The maximum atomic E-state index is 12.5. The normalized spacial score (nSPS) is 11.1. The zero-order valence-corrected chi connectivity index (χ0v) is 14.3. The summed E-state index contributed by atoms with van der Waals surface area (Å²) in [5.74, 6) is 0.0704. The minimum Gasteiger partial charge on any atom is -0.508 e. The smallest absolute Gasteiger partial charge is 0.416 e. The lowest BCUT2D eigenvalue weighted by Crippen LogP contribution is -2.20. The lowest BCUT2D eigenvalue weighted by molar-refractivity contribution is -0.137. The number of amides is 1. The highest BCUT2D eigenvalue weighted by molar-refractivity contribution is 5.91. The Bertz CT molecular complexity index is 959. The molecule has 6 nitrogen and oxygen atoms in total. The highest BCUT2D eigenvalue weighted by Gasteiger charge is 2.30. The van der Waals surface area contributed by atoms with E-state index in [0.717, 1.165) is 24.3 Å². The predicted octanol–water partition coefficient (Wildman–Crippen LogP) is 3.89. The Morgan fingerprint density at radius 2 is 1.75 bits per heavy atom. The van der Waals surface area contributed by atoms with E-state index < -0.39 is 17.6 Å². The van der Waals surface area contributed by atoms with Crippen LogP contribution in [-0.4, -0.2) is 27.6 Å². The number of benzene rings is 2. The molecule has 0 aliphatic heterocycles. The Hall–Kier alpha value is -3.62. The fourth-order valence-electron chi connectivity index (χ4n) is 2.27. The quantitative estimate of drug-likeness (QED) is 0.692. The summed E-state index contributed by atoms with van der Waals surface area (Å²) in [5, 5.41) is 12.0. The van der Waals surface area contributed by atoms with Crippen LogP contribution in [0, 0.1) is 0 Å². The summed E-state index contributed by atoms with van der Waals surface area (Å²) in [6.07, 6.45) is -1.65. The molecular formula is C19H14F3N3O3. The first-order chi connectivity index (χ1) is 13.3. The molecule has 3 aromatic rings. The summed E-state index contributed by atoms with van der Waals surface area (Å²) in [4.78, 5) is 20.1. The van der Waals surface area contributed by atoms with E-state index in [9.17, 15) is 23.1 Å². The average molecular weight is 389 g/mol. The number of nitrogens with zero attached hydrogens (tertiary/aromatic N) is 2. The summed E-state index contributed by atoms with van der Waals surface area (Å²) >= 11 is 0. The zero-order valence-electron chi connectivity index (χ0n) is 14.3. The SMILES string of the molecule is O=C(COc1ccc(C(F)(F)F)cc1)Nc1cnc(-c2cccc(O)c2)nc1. The van der Waals surface area contributed by atoms with Crippen molar-refractivity contribution in [2.24, 2.45) is 0 Å². The number of ether oxygens (including phenoxy) is 1. The second-order valence-corrected chi connectivity index (χ2v) is 5.70. The van der Waals surface area contributed by atoms with Gasteiger partial charge < -0.3 is 15.2 Å². The van der Waals surface area contributed by atoms with Crippen molar-refractivity contribution in [3.05, 3.63) is 66.5 Å². The molecule has 0 aliphatic rings. The van der Waals surface area contributed by atoms with Crippen LogP contribution >= 0.6 is 0 Å². The Balaban J connectivity index is 1.55. The summed E-state index contributed by atoms with van der Waals surface area (Å²) in [6.45, 7) is -0.389. The lowest BCUT2D eigenvalue weighted by atomic mass is 10.2. The van der Waals surface area contributed by atoms with Gasteiger partial charge in [-0.25, -0.2) is 9.97 Å².